The smallest absolute Gasteiger partial charge is 0.338 e. The minimum absolute atomic E-state index is 0.167. The molecule has 2 heterocycles. The molecule has 1 aliphatic heterocycles. The van der Waals surface area contributed by atoms with E-state index in [2.05, 4.69) is 20.9 Å². The number of halogens is 2. The quantitative estimate of drug-likeness (QED) is 0.170. The number of allylic oxidation sites excluding steroid dienone is 1. The predicted molar refractivity (Wildman–Crippen MR) is 181 cm³/mol. The van der Waals surface area contributed by atoms with Crippen molar-refractivity contribution >= 4 is 50.9 Å². The highest BCUT2D eigenvalue weighted by molar-refractivity contribution is 9.10. The number of nitrogens with zero attached hydrogens (tertiary/aromatic N) is 2. The van der Waals surface area contributed by atoms with Crippen molar-refractivity contribution in [2.75, 3.05) is 27.4 Å². The molecule has 1 aliphatic rings. The van der Waals surface area contributed by atoms with Gasteiger partial charge < -0.3 is 23.7 Å². The number of aromatic nitrogens is 1. The third-order valence-electron chi connectivity index (χ3n) is 7.22. The molecule has 0 amide bonds. The Bertz CT molecular complexity index is 2000. The summed E-state index contributed by atoms with van der Waals surface area (Å²) in [6.45, 7) is 6.21. The van der Waals surface area contributed by atoms with Crippen LogP contribution in [0.4, 0.5) is 0 Å². The Morgan fingerprint density at radius 1 is 1.00 bits per heavy atom. The fourth-order valence-electron chi connectivity index (χ4n) is 5.09. The number of carbonyl (C=O) groups excluding carboxylic acids is 1. The van der Waals surface area contributed by atoms with Crippen LogP contribution in [0, 0.1) is 0 Å². The third-order valence-corrected chi connectivity index (χ3v) is 9.26. The number of rotatable bonds is 11. The molecule has 0 aliphatic carbocycles. The average Bonchev–Trinajstić information content (AvgIpc) is 3.34. The molecule has 0 saturated heterocycles. The Morgan fingerprint density at radius 3 is 2.43 bits per heavy atom. The molecule has 240 valence electrons. The predicted octanol–water partition coefficient (Wildman–Crippen LogP) is 6.21. The zero-order chi connectivity index (χ0) is 33.0. The zero-order valence-electron chi connectivity index (χ0n) is 25.9. The molecule has 9 nitrogen and oxygen atoms in total. The molecule has 0 saturated carbocycles. The van der Waals surface area contributed by atoms with Crippen molar-refractivity contribution in [2.24, 2.45) is 4.99 Å². The summed E-state index contributed by atoms with van der Waals surface area (Å²) < 4.78 is 31.0. The first-order chi connectivity index (χ1) is 22.2. The lowest BCUT2D eigenvalue weighted by molar-refractivity contribution is -0.139. The van der Waals surface area contributed by atoms with Gasteiger partial charge in [-0.2, -0.15) is 0 Å². The number of esters is 1. The fraction of sp³-hybridized carbons (Fsp3) is 0.265. The van der Waals surface area contributed by atoms with Gasteiger partial charge in [0.25, 0.3) is 5.56 Å². The normalized spacial score (nSPS) is 14.4. The van der Waals surface area contributed by atoms with E-state index in [1.165, 1.54) is 30.1 Å². The van der Waals surface area contributed by atoms with E-state index >= 15 is 0 Å². The van der Waals surface area contributed by atoms with Crippen molar-refractivity contribution in [1.82, 2.24) is 4.57 Å². The molecule has 3 aromatic carbocycles. The van der Waals surface area contributed by atoms with E-state index < -0.39 is 12.0 Å². The van der Waals surface area contributed by atoms with Gasteiger partial charge >= 0.3 is 5.97 Å². The number of carbonyl (C=O) groups is 1. The maximum absolute atomic E-state index is 14.2. The third kappa shape index (κ3) is 6.72. The van der Waals surface area contributed by atoms with Gasteiger partial charge in [-0.25, -0.2) is 9.79 Å². The number of hydrogen-bond donors (Lipinski definition) is 0. The number of ether oxygens (including phenoxy) is 5. The maximum Gasteiger partial charge on any atom is 0.338 e. The number of fused-ring (bicyclic) bond motifs is 1. The van der Waals surface area contributed by atoms with E-state index in [4.69, 9.17) is 35.3 Å². The van der Waals surface area contributed by atoms with E-state index in [1.54, 1.807) is 38.1 Å². The first kappa shape index (κ1) is 33.3. The highest BCUT2D eigenvalue weighted by Crippen LogP contribution is 2.41. The van der Waals surface area contributed by atoms with Crippen molar-refractivity contribution in [3.05, 3.63) is 112 Å². The van der Waals surface area contributed by atoms with Gasteiger partial charge in [-0.15, -0.1) is 0 Å². The highest BCUT2D eigenvalue weighted by atomic mass is 79.9. The van der Waals surface area contributed by atoms with Gasteiger partial charge in [-0.05, 0) is 68.3 Å². The van der Waals surface area contributed by atoms with E-state index in [0.717, 1.165) is 11.1 Å². The Morgan fingerprint density at radius 2 is 1.74 bits per heavy atom. The summed E-state index contributed by atoms with van der Waals surface area (Å²) >= 11 is 11.2. The van der Waals surface area contributed by atoms with Crippen molar-refractivity contribution < 1.29 is 28.5 Å². The van der Waals surface area contributed by atoms with Gasteiger partial charge in [0.1, 0.15) is 6.61 Å². The van der Waals surface area contributed by atoms with Crippen LogP contribution in [-0.2, 0) is 16.1 Å². The Balaban J connectivity index is 1.61. The lowest BCUT2D eigenvalue weighted by Crippen LogP contribution is -2.40. The summed E-state index contributed by atoms with van der Waals surface area (Å²) in [4.78, 5) is 32.6. The maximum atomic E-state index is 14.2. The summed E-state index contributed by atoms with van der Waals surface area (Å²) in [6.07, 6.45) is 1.77. The van der Waals surface area contributed by atoms with Crippen LogP contribution in [0.15, 0.2) is 80.1 Å². The van der Waals surface area contributed by atoms with Gasteiger partial charge in [-0.3, -0.25) is 9.36 Å². The van der Waals surface area contributed by atoms with Crippen LogP contribution in [0.25, 0.3) is 6.08 Å². The molecule has 0 fully saturated rings. The van der Waals surface area contributed by atoms with Crippen LogP contribution in [-0.4, -0.2) is 38.0 Å². The largest absolute Gasteiger partial charge is 0.493 e. The van der Waals surface area contributed by atoms with Crippen LogP contribution in [0.3, 0.4) is 0 Å². The van der Waals surface area contributed by atoms with E-state index in [9.17, 15) is 9.59 Å². The Kier molecular flexibility index (Phi) is 10.6. The molecule has 4 aromatic rings. The van der Waals surface area contributed by atoms with Gasteiger partial charge in [-0.1, -0.05) is 63.1 Å². The van der Waals surface area contributed by atoms with Crippen LogP contribution in [0.2, 0.25) is 5.02 Å². The van der Waals surface area contributed by atoms with E-state index in [0.29, 0.717) is 59.7 Å². The molecule has 0 spiro atoms. The average molecular weight is 728 g/mol. The standard InChI is InChI=1S/C34H32BrClN2O7S/c1-6-43-28-14-20(12-13-25(28)45-18-21-10-8-9-11-24(21)36)15-29-32(39)38-31(22-16-26(41-4)27(42-5)17-23(22)35)30(33(40)44-7-2)19(3)37-34(38)46-29/h8-17,31H,6-7,18H2,1-5H3/b29-15-/t31-/m0/s1. The monoisotopic (exact) mass is 726 g/mol. The zero-order valence-corrected chi connectivity index (χ0v) is 29.0. The fourth-order valence-corrected chi connectivity index (χ4v) is 6.87. The summed E-state index contributed by atoms with van der Waals surface area (Å²) in [7, 11) is 3.06. The van der Waals surface area contributed by atoms with Crippen molar-refractivity contribution in [3.8, 4) is 23.0 Å². The Labute approximate surface area is 283 Å². The number of methoxy groups -OCH3 is 2. The lowest BCUT2D eigenvalue weighted by Gasteiger charge is -2.26. The molecule has 46 heavy (non-hydrogen) atoms. The SMILES string of the molecule is CCOC(=O)C1=C(C)N=c2s/c(=C\c3ccc(OCc4ccccc4Cl)c(OCC)c3)c(=O)n2[C@H]1c1cc(OC)c(OC)cc1Br. The van der Waals surface area contributed by atoms with Crippen molar-refractivity contribution in [1.29, 1.82) is 0 Å². The van der Waals surface area contributed by atoms with Crippen LogP contribution in [0.5, 0.6) is 23.0 Å². The minimum atomic E-state index is -0.841. The van der Waals surface area contributed by atoms with Crippen LogP contribution < -0.4 is 33.8 Å². The molecule has 0 bridgehead atoms. The molecule has 12 heteroatoms. The second-order valence-electron chi connectivity index (χ2n) is 10.1. The molecule has 0 N–H and O–H groups in total. The van der Waals surface area contributed by atoms with Crippen molar-refractivity contribution in [3.63, 3.8) is 0 Å². The second kappa shape index (κ2) is 14.6. The van der Waals surface area contributed by atoms with Gasteiger partial charge in [0, 0.05) is 15.1 Å². The van der Waals surface area contributed by atoms with Crippen molar-refractivity contribution in [2.45, 2.75) is 33.4 Å². The van der Waals surface area contributed by atoms with Gasteiger partial charge in [0.2, 0.25) is 0 Å². The summed E-state index contributed by atoms with van der Waals surface area (Å²) in [6, 6.07) is 15.6. The lowest BCUT2D eigenvalue weighted by atomic mass is 9.95. The molecular formula is C34H32BrClN2O7S. The first-order valence-electron chi connectivity index (χ1n) is 14.4. The van der Waals surface area contributed by atoms with E-state index in [-0.39, 0.29) is 24.3 Å². The molecule has 0 radical (unpaired) electrons. The Hall–Kier alpha value is -4.06. The summed E-state index contributed by atoms with van der Waals surface area (Å²) in [5.41, 5.74) is 2.58. The molecule has 5 rings (SSSR count). The topological polar surface area (TPSA) is 97.6 Å². The number of thiazole rings is 1. The minimum Gasteiger partial charge on any atom is -0.493 e. The van der Waals surface area contributed by atoms with Gasteiger partial charge in [0.05, 0.1) is 49.3 Å². The molecule has 1 atom stereocenters. The summed E-state index contributed by atoms with van der Waals surface area (Å²) in [5.74, 6) is 1.46. The first-order valence-corrected chi connectivity index (χ1v) is 16.4. The number of hydrogen-bond acceptors (Lipinski definition) is 9. The molecular weight excluding hydrogens is 696 g/mol. The molecule has 1 aromatic heterocycles. The second-order valence-corrected chi connectivity index (χ2v) is 12.3. The highest BCUT2D eigenvalue weighted by Gasteiger charge is 2.35. The van der Waals surface area contributed by atoms with Crippen LogP contribution in [0.1, 0.15) is 43.5 Å². The van der Waals surface area contributed by atoms with Crippen LogP contribution >= 0.6 is 38.9 Å². The van der Waals surface area contributed by atoms with E-state index in [1.807, 2.05) is 43.3 Å². The summed E-state index contributed by atoms with van der Waals surface area (Å²) in [5, 5.41) is 0.618. The molecule has 0 unspecified atom stereocenters. The number of benzene rings is 3. The van der Waals surface area contributed by atoms with Gasteiger partial charge in [0.15, 0.2) is 27.8 Å².